The molecule has 0 unspecified atom stereocenters. The quantitative estimate of drug-likeness (QED) is 0.350. The molecule has 1 aromatic heterocycles. The minimum absolute atomic E-state index is 0.0191. The van der Waals surface area contributed by atoms with Gasteiger partial charge in [0.15, 0.2) is 9.84 Å². The number of hydrogen-bond donors (Lipinski definition) is 1. The van der Waals surface area contributed by atoms with Crippen molar-refractivity contribution in [2.24, 2.45) is 0 Å². The third kappa shape index (κ3) is 4.30. The fraction of sp³-hybridized carbons (Fsp3) is 0.0476. The zero-order valence-electron chi connectivity index (χ0n) is 16.1. The molecule has 0 radical (unpaired) electrons. The molecule has 1 amide bonds. The minimum atomic E-state index is -3.80. The lowest BCUT2D eigenvalue weighted by molar-refractivity contribution is -0.387. The second-order valence-electron chi connectivity index (χ2n) is 6.73. The lowest BCUT2D eigenvalue weighted by Gasteiger charge is -2.07. The lowest BCUT2D eigenvalue weighted by Crippen LogP contribution is -2.13. The summed E-state index contributed by atoms with van der Waals surface area (Å²) < 4.78 is 24.5. The van der Waals surface area contributed by atoms with Gasteiger partial charge in [-0.2, -0.15) is 0 Å². The maximum atomic E-state index is 12.5. The van der Waals surface area contributed by atoms with Crippen LogP contribution in [0.4, 0.5) is 11.4 Å². The SMILES string of the molecule is CS(=O)(=O)c1ccc(C(=O)Nc2ccc(-c3nc4ccccc4s3)cc2)cc1[N+](=O)[O-]. The van der Waals surface area contributed by atoms with Gasteiger partial charge in [0.1, 0.15) is 9.90 Å². The van der Waals surface area contributed by atoms with E-state index in [9.17, 15) is 23.3 Å². The van der Waals surface area contributed by atoms with E-state index in [-0.39, 0.29) is 5.56 Å². The number of amides is 1. The Morgan fingerprint density at radius 2 is 1.77 bits per heavy atom. The first kappa shape index (κ1) is 20.6. The Hall–Kier alpha value is -3.63. The number of nitrogens with zero attached hydrogens (tertiary/aromatic N) is 2. The number of benzene rings is 3. The van der Waals surface area contributed by atoms with Crippen molar-refractivity contribution in [3.8, 4) is 10.6 Å². The van der Waals surface area contributed by atoms with Crippen LogP contribution in [0.25, 0.3) is 20.8 Å². The number of anilines is 1. The fourth-order valence-corrected chi connectivity index (χ4v) is 4.81. The molecule has 4 aromatic rings. The van der Waals surface area contributed by atoms with Crippen LogP contribution < -0.4 is 5.32 Å². The third-order valence-electron chi connectivity index (χ3n) is 4.50. The summed E-state index contributed by atoms with van der Waals surface area (Å²) in [5, 5.41) is 14.8. The van der Waals surface area contributed by atoms with E-state index in [1.807, 2.05) is 36.4 Å². The number of aromatic nitrogens is 1. The van der Waals surface area contributed by atoms with Crippen molar-refractivity contribution < 1.29 is 18.1 Å². The van der Waals surface area contributed by atoms with Crippen molar-refractivity contribution in [2.45, 2.75) is 4.90 Å². The number of carbonyl (C=O) groups is 1. The second-order valence-corrected chi connectivity index (χ2v) is 9.74. The molecule has 0 fully saturated rings. The van der Waals surface area contributed by atoms with E-state index in [2.05, 4.69) is 10.3 Å². The number of para-hydroxylation sites is 1. The van der Waals surface area contributed by atoms with Crippen LogP contribution in [-0.4, -0.2) is 30.5 Å². The summed E-state index contributed by atoms with van der Waals surface area (Å²) in [6, 6.07) is 18.2. The van der Waals surface area contributed by atoms with Crippen LogP contribution in [0.2, 0.25) is 0 Å². The molecule has 1 N–H and O–H groups in total. The maximum absolute atomic E-state index is 12.5. The predicted molar refractivity (Wildman–Crippen MR) is 119 cm³/mol. The largest absolute Gasteiger partial charge is 0.322 e. The highest BCUT2D eigenvalue weighted by Gasteiger charge is 2.24. The molecule has 156 valence electrons. The Balaban J connectivity index is 1.56. The van der Waals surface area contributed by atoms with Crippen LogP contribution in [0.5, 0.6) is 0 Å². The summed E-state index contributed by atoms with van der Waals surface area (Å²) in [4.78, 5) is 27.1. The summed E-state index contributed by atoms with van der Waals surface area (Å²) in [6.45, 7) is 0. The average Bonchev–Trinajstić information content (AvgIpc) is 3.17. The molecule has 0 atom stereocenters. The number of sulfone groups is 1. The van der Waals surface area contributed by atoms with Crippen LogP contribution in [0.1, 0.15) is 10.4 Å². The summed E-state index contributed by atoms with van der Waals surface area (Å²) in [6.07, 6.45) is 0.877. The standard InChI is InChI=1S/C21H15N3O5S2/c1-31(28,29)19-11-8-14(12-17(19)24(26)27)20(25)22-15-9-6-13(7-10-15)21-23-16-4-2-3-5-18(16)30-21/h2-12H,1H3,(H,22,25). The molecule has 0 aliphatic carbocycles. The van der Waals surface area contributed by atoms with Crippen LogP contribution in [0.3, 0.4) is 0 Å². The third-order valence-corrected chi connectivity index (χ3v) is 6.73. The van der Waals surface area contributed by atoms with Crippen molar-refractivity contribution in [2.75, 3.05) is 11.6 Å². The molecule has 3 aromatic carbocycles. The molecule has 0 saturated heterocycles. The Morgan fingerprint density at radius 1 is 1.06 bits per heavy atom. The monoisotopic (exact) mass is 453 g/mol. The van der Waals surface area contributed by atoms with Gasteiger partial charge in [-0.15, -0.1) is 11.3 Å². The first-order chi connectivity index (χ1) is 14.7. The summed E-state index contributed by atoms with van der Waals surface area (Å²) in [5.74, 6) is -0.587. The Bertz CT molecular complexity index is 1390. The van der Waals surface area contributed by atoms with Crippen LogP contribution >= 0.6 is 11.3 Å². The zero-order chi connectivity index (χ0) is 22.2. The van der Waals surface area contributed by atoms with Crippen molar-refractivity contribution in [3.05, 3.63) is 82.4 Å². The van der Waals surface area contributed by atoms with E-state index in [4.69, 9.17) is 0 Å². The number of rotatable bonds is 5. The average molecular weight is 454 g/mol. The molecule has 4 rings (SSSR count). The molecule has 0 spiro atoms. The van der Waals surface area contributed by atoms with E-state index < -0.39 is 31.3 Å². The van der Waals surface area contributed by atoms with E-state index in [0.29, 0.717) is 5.69 Å². The Morgan fingerprint density at radius 3 is 2.42 bits per heavy atom. The van der Waals surface area contributed by atoms with Gasteiger partial charge >= 0.3 is 0 Å². The van der Waals surface area contributed by atoms with Crippen molar-refractivity contribution in [1.82, 2.24) is 4.98 Å². The van der Waals surface area contributed by atoms with Gasteiger partial charge in [0.25, 0.3) is 11.6 Å². The number of carbonyl (C=O) groups excluding carboxylic acids is 1. The van der Waals surface area contributed by atoms with Gasteiger partial charge < -0.3 is 5.32 Å². The van der Waals surface area contributed by atoms with Gasteiger partial charge in [0.2, 0.25) is 0 Å². The summed E-state index contributed by atoms with van der Waals surface area (Å²) >= 11 is 1.56. The van der Waals surface area contributed by atoms with Crippen molar-refractivity contribution >= 4 is 48.7 Å². The highest BCUT2D eigenvalue weighted by atomic mass is 32.2. The summed E-state index contributed by atoms with van der Waals surface area (Å²) in [7, 11) is -3.80. The number of nitrogens with one attached hydrogen (secondary N) is 1. The second kappa shape index (κ2) is 7.89. The lowest BCUT2D eigenvalue weighted by atomic mass is 10.1. The normalized spacial score (nSPS) is 11.4. The molecular weight excluding hydrogens is 438 g/mol. The van der Waals surface area contributed by atoms with Crippen LogP contribution in [0.15, 0.2) is 71.6 Å². The Labute approximate surface area is 181 Å². The van der Waals surface area contributed by atoms with Gasteiger partial charge in [0, 0.05) is 29.1 Å². The van der Waals surface area contributed by atoms with E-state index >= 15 is 0 Å². The first-order valence-corrected chi connectivity index (χ1v) is 11.7. The van der Waals surface area contributed by atoms with Crippen LogP contribution in [-0.2, 0) is 9.84 Å². The molecule has 0 aliphatic heterocycles. The van der Waals surface area contributed by atoms with Gasteiger partial charge in [-0.25, -0.2) is 13.4 Å². The number of hydrogen-bond acceptors (Lipinski definition) is 7. The molecule has 1 heterocycles. The van der Waals surface area contributed by atoms with E-state index in [0.717, 1.165) is 39.2 Å². The topological polar surface area (TPSA) is 119 Å². The van der Waals surface area contributed by atoms with E-state index in [1.54, 1.807) is 23.5 Å². The van der Waals surface area contributed by atoms with Crippen LogP contribution in [0, 0.1) is 10.1 Å². The van der Waals surface area contributed by atoms with E-state index in [1.165, 1.54) is 6.07 Å². The van der Waals surface area contributed by atoms with Crippen molar-refractivity contribution in [3.63, 3.8) is 0 Å². The Kier molecular flexibility index (Phi) is 5.25. The molecule has 0 saturated carbocycles. The van der Waals surface area contributed by atoms with Gasteiger partial charge in [-0.05, 0) is 48.5 Å². The number of thiazole rings is 1. The smallest absolute Gasteiger partial charge is 0.288 e. The molecular formula is C21H15N3O5S2. The maximum Gasteiger partial charge on any atom is 0.288 e. The number of nitro benzene ring substituents is 1. The van der Waals surface area contributed by atoms with Gasteiger partial charge in [0.05, 0.1) is 15.1 Å². The molecule has 8 nitrogen and oxygen atoms in total. The fourth-order valence-electron chi connectivity index (χ4n) is 3.01. The van der Waals surface area contributed by atoms with Crippen molar-refractivity contribution in [1.29, 1.82) is 0 Å². The van der Waals surface area contributed by atoms with Gasteiger partial charge in [-0.3, -0.25) is 14.9 Å². The van der Waals surface area contributed by atoms with Gasteiger partial charge in [-0.1, -0.05) is 12.1 Å². The molecule has 0 bridgehead atoms. The highest BCUT2D eigenvalue weighted by Crippen LogP contribution is 2.31. The summed E-state index contributed by atoms with van der Waals surface area (Å²) in [5.41, 5.74) is 1.65. The molecule has 10 heteroatoms. The highest BCUT2D eigenvalue weighted by molar-refractivity contribution is 7.90. The number of fused-ring (bicyclic) bond motifs is 1. The zero-order valence-corrected chi connectivity index (χ0v) is 17.7. The predicted octanol–water partition coefficient (Wildman–Crippen LogP) is 4.53. The first-order valence-electron chi connectivity index (χ1n) is 8.98. The number of nitro groups is 1. The minimum Gasteiger partial charge on any atom is -0.322 e. The molecule has 0 aliphatic rings. The molecule has 31 heavy (non-hydrogen) atoms.